The molecule has 1 aromatic heterocycles. The van der Waals surface area contributed by atoms with Crippen LogP contribution in [0.3, 0.4) is 0 Å². The van der Waals surface area contributed by atoms with Gasteiger partial charge in [0.25, 0.3) is 0 Å². The number of urea groups is 1. The van der Waals surface area contributed by atoms with Crippen molar-refractivity contribution < 1.29 is 4.79 Å². The highest BCUT2D eigenvalue weighted by Crippen LogP contribution is 2.27. The summed E-state index contributed by atoms with van der Waals surface area (Å²) < 4.78 is 0. The number of likely N-dealkylation sites (tertiary alicyclic amines) is 1. The van der Waals surface area contributed by atoms with Gasteiger partial charge in [0.15, 0.2) is 0 Å². The number of anilines is 1. The first-order chi connectivity index (χ1) is 13.1. The smallest absolute Gasteiger partial charge is 0.321 e. The lowest BCUT2D eigenvalue weighted by Crippen LogP contribution is -2.41. The minimum absolute atomic E-state index is 0.0493. The average Bonchev–Trinajstić information content (AvgIpc) is 3.13. The van der Waals surface area contributed by atoms with Crippen LogP contribution in [0.25, 0.3) is 6.08 Å². The number of carbonyl (C=O) groups excluding carboxylic acids is 1. The number of pyridine rings is 1. The Hall–Kier alpha value is -2.04. The Morgan fingerprint density at radius 3 is 2.78 bits per heavy atom. The molecule has 1 aliphatic carbocycles. The summed E-state index contributed by atoms with van der Waals surface area (Å²) in [5.74, 6) is 0.554. The molecular weight excluding hydrogens is 381 g/mol. The van der Waals surface area contributed by atoms with E-state index in [4.69, 9.17) is 23.2 Å². The van der Waals surface area contributed by atoms with E-state index in [2.05, 4.69) is 16.4 Å². The maximum Gasteiger partial charge on any atom is 0.321 e. The van der Waals surface area contributed by atoms with E-state index in [1.807, 2.05) is 35.2 Å². The highest BCUT2D eigenvalue weighted by atomic mass is 35.5. The number of amides is 2. The Bertz CT molecular complexity index is 889. The van der Waals surface area contributed by atoms with Gasteiger partial charge in [-0.05, 0) is 54.5 Å². The lowest BCUT2D eigenvalue weighted by atomic mass is 9.90. The predicted molar refractivity (Wildman–Crippen MR) is 110 cm³/mol. The van der Waals surface area contributed by atoms with Crippen LogP contribution in [-0.4, -0.2) is 29.0 Å². The molecule has 4 nitrogen and oxygen atoms in total. The van der Waals surface area contributed by atoms with Crippen LogP contribution < -0.4 is 5.32 Å². The quantitative estimate of drug-likeness (QED) is 0.743. The van der Waals surface area contributed by atoms with Crippen molar-refractivity contribution in [1.82, 2.24) is 9.88 Å². The number of hydrogen-bond acceptors (Lipinski definition) is 2. The fraction of sp³-hybridized carbons (Fsp3) is 0.333. The van der Waals surface area contributed by atoms with Gasteiger partial charge in [-0.15, -0.1) is 0 Å². The first-order valence-corrected chi connectivity index (χ1v) is 9.99. The SMILES string of the molecule is O=C(Nc1cnc2c(c1)C=CC2)N1CCC(Cc2ccc(Cl)c(Cl)c2)CC1. The Kier molecular flexibility index (Phi) is 5.37. The number of nitrogens with zero attached hydrogens (tertiary/aromatic N) is 2. The number of aromatic nitrogens is 1. The molecule has 0 saturated carbocycles. The number of fused-ring (bicyclic) bond motifs is 1. The summed E-state index contributed by atoms with van der Waals surface area (Å²) in [5, 5.41) is 4.17. The van der Waals surface area contributed by atoms with Crippen molar-refractivity contribution in [2.45, 2.75) is 25.7 Å². The molecule has 0 radical (unpaired) electrons. The zero-order valence-electron chi connectivity index (χ0n) is 14.9. The first kappa shape index (κ1) is 18.3. The molecule has 4 rings (SSSR count). The van der Waals surface area contributed by atoms with E-state index in [1.165, 1.54) is 5.56 Å². The third-order valence-electron chi connectivity index (χ3n) is 5.27. The summed E-state index contributed by atoms with van der Waals surface area (Å²) in [6.45, 7) is 1.52. The fourth-order valence-corrected chi connectivity index (χ4v) is 4.05. The molecule has 1 fully saturated rings. The van der Waals surface area contributed by atoms with Crippen molar-refractivity contribution in [3.8, 4) is 0 Å². The molecule has 0 spiro atoms. The molecule has 1 N–H and O–H groups in total. The second kappa shape index (κ2) is 7.91. The van der Waals surface area contributed by atoms with Gasteiger partial charge >= 0.3 is 6.03 Å². The first-order valence-electron chi connectivity index (χ1n) is 9.24. The van der Waals surface area contributed by atoms with Gasteiger partial charge in [-0.1, -0.05) is 41.4 Å². The maximum absolute atomic E-state index is 12.6. The number of halogens is 2. The van der Waals surface area contributed by atoms with Gasteiger partial charge in [0.1, 0.15) is 0 Å². The monoisotopic (exact) mass is 401 g/mol. The van der Waals surface area contributed by atoms with Crippen molar-refractivity contribution in [1.29, 1.82) is 0 Å². The largest absolute Gasteiger partial charge is 0.325 e. The van der Waals surface area contributed by atoms with Crippen molar-refractivity contribution in [3.63, 3.8) is 0 Å². The number of carbonyl (C=O) groups is 1. The van der Waals surface area contributed by atoms with E-state index in [0.29, 0.717) is 16.0 Å². The summed E-state index contributed by atoms with van der Waals surface area (Å²) in [5.41, 5.74) is 4.11. The van der Waals surface area contributed by atoms with Crippen LogP contribution in [0, 0.1) is 5.92 Å². The minimum Gasteiger partial charge on any atom is -0.325 e. The van der Waals surface area contributed by atoms with Crippen molar-refractivity contribution in [2.75, 3.05) is 18.4 Å². The van der Waals surface area contributed by atoms with Crippen LogP contribution >= 0.6 is 23.2 Å². The second-order valence-electron chi connectivity index (χ2n) is 7.18. The number of piperidine rings is 1. The van der Waals surface area contributed by atoms with E-state index in [0.717, 1.165) is 55.7 Å². The van der Waals surface area contributed by atoms with Crippen LogP contribution in [0.15, 0.2) is 36.5 Å². The van der Waals surface area contributed by atoms with E-state index in [9.17, 15) is 4.79 Å². The summed E-state index contributed by atoms with van der Waals surface area (Å²) in [4.78, 5) is 18.8. The Balaban J connectivity index is 1.30. The summed E-state index contributed by atoms with van der Waals surface area (Å²) in [6, 6.07) is 7.76. The molecule has 0 unspecified atom stereocenters. The van der Waals surface area contributed by atoms with Crippen LogP contribution in [0.5, 0.6) is 0 Å². The highest BCUT2D eigenvalue weighted by Gasteiger charge is 2.23. The standard InChI is InChI=1S/C21H21Cl2N3O/c22-18-5-4-15(11-19(18)23)10-14-6-8-26(9-7-14)21(27)25-17-12-16-2-1-3-20(16)24-13-17/h1-2,4-5,11-14H,3,6-10H2,(H,25,27). The lowest BCUT2D eigenvalue weighted by molar-refractivity contribution is 0.182. The fourth-order valence-electron chi connectivity index (χ4n) is 3.73. The maximum atomic E-state index is 12.6. The van der Waals surface area contributed by atoms with E-state index < -0.39 is 0 Å². The van der Waals surface area contributed by atoms with E-state index in [-0.39, 0.29) is 6.03 Å². The molecule has 1 aromatic carbocycles. The molecule has 6 heteroatoms. The summed E-state index contributed by atoms with van der Waals surface area (Å²) in [7, 11) is 0. The van der Waals surface area contributed by atoms with Gasteiger partial charge in [-0.25, -0.2) is 4.79 Å². The zero-order chi connectivity index (χ0) is 18.8. The molecule has 2 aliphatic rings. The molecule has 1 saturated heterocycles. The van der Waals surface area contributed by atoms with E-state index in [1.54, 1.807) is 6.20 Å². The lowest BCUT2D eigenvalue weighted by Gasteiger charge is -2.32. The molecule has 2 aromatic rings. The highest BCUT2D eigenvalue weighted by molar-refractivity contribution is 6.42. The van der Waals surface area contributed by atoms with Crippen LogP contribution in [0.1, 0.15) is 29.7 Å². The van der Waals surface area contributed by atoms with Crippen LogP contribution in [0.4, 0.5) is 10.5 Å². The van der Waals surface area contributed by atoms with Crippen molar-refractivity contribution in [2.24, 2.45) is 5.92 Å². The number of allylic oxidation sites excluding steroid dienone is 1. The predicted octanol–water partition coefficient (Wildman–Crippen LogP) is 5.44. The number of nitrogens with one attached hydrogen (secondary N) is 1. The molecule has 27 heavy (non-hydrogen) atoms. The second-order valence-corrected chi connectivity index (χ2v) is 7.99. The Morgan fingerprint density at radius 2 is 2.00 bits per heavy atom. The molecule has 2 amide bonds. The van der Waals surface area contributed by atoms with Crippen LogP contribution in [0.2, 0.25) is 10.0 Å². The third kappa shape index (κ3) is 4.28. The average molecular weight is 402 g/mol. The van der Waals surface area contributed by atoms with Gasteiger partial charge in [-0.3, -0.25) is 4.98 Å². The van der Waals surface area contributed by atoms with E-state index >= 15 is 0 Å². The Morgan fingerprint density at radius 1 is 1.19 bits per heavy atom. The van der Waals surface area contributed by atoms with Crippen LogP contribution in [-0.2, 0) is 12.8 Å². The number of hydrogen-bond donors (Lipinski definition) is 1. The number of benzene rings is 1. The van der Waals surface area contributed by atoms with Gasteiger partial charge in [0, 0.05) is 19.5 Å². The molecule has 0 atom stereocenters. The summed E-state index contributed by atoms with van der Waals surface area (Å²) in [6.07, 6.45) is 9.68. The minimum atomic E-state index is -0.0493. The third-order valence-corrected chi connectivity index (χ3v) is 6.01. The molecule has 140 valence electrons. The molecular formula is C21H21Cl2N3O. The van der Waals surface area contributed by atoms with Gasteiger partial charge < -0.3 is 10.2 Å². The molecule has 1 aliphatic heterocycles. The van der Waals surface area contributed by atoms with Gasteiger partial charge in [-0.2, -0.15) is 0 Å². The number of rotatable bonds is 3. The molecule has 2 heterocycles. The van der Waals surface area contributed by atoms with Gasteiger partial charge in [0.05, 0.1) is 27.6 Å². The van der Waals surface area contributed by atoms with Gasteiger partial charge in [0.2, 0.25) is 0 Å². The normalized spacial score (nSPS) is 16.4. The topological polar surface area (TPSA) is 45.2 Å². The zero-order valence-corrected chi connectivity index (χ0v) is 16.4. The van der Waals surface area contributed by atoms with Crippen molar-refractivity contribution in [3.05, 3.63) is 63.4 Å². The Labute approximate surface area is 169 Å². The van der Waals surface area contributed by atoms with Crippen molar-refractivity contribution >= 4 is 41.0 Å². The summed E-state index contributed by atoms with van der Waals surface area (Å²) >= 11 is 12.1. The molecule has 0 bridgehead atoms.